The molecule has 2 rings (SSSR count). The molecule has 2 saturated heterocycles. The topological polar surface area (TPSA) is 57.7 Å². The van der Waals surface area contributed by atoms with Gasteiger partial charge in [-0.15, -0.1) is 0 Å². The summed E-state index contributed by atoms with van der Waals surface area (Å²) >= 11 is 1.83. The Balaban J connectivity index is 1.90. The van der Waals surface area contributed by atoms with Crippen LogP contribution < -0.4 is 0 Å². The number of carbonyl (C=O) groups is 1. The zero-order valence-electron chi connectivity index (χ0n) is 12.2. The molecule has 0 spiro atoms. The minimum absolute atomic E-state index is 0.0161. The molecule has 7 heteroatoms. The van der Waals surface area contributed by atoms with Crippen LogP contribution in [0.4, 0.5) is 0 Å². The Hall–Kier alpha value is -0.110. The van der Waals surface area contributed by atoms with E-state index in [1.807, 2.05) is 18.8 Å². The first kappa shape index (κ1) is 16.3. The van der Waals surface area contributed by atoms with Crippen LogP contribution >= 0.6 is 11.8 Å². The first-order valence-electron chi connectivity index (χ1n) is 7.13. The third kappa shape index (κ3) is 4.19. The van der Waals surface area contributed by atoms with E-state index in [0.29, 0.717) is 19.5 Å². The number of nitrogens with zero attached hydrogens (tertiary/aromatic N) is 2. The lowest BCUT2D eigenvalue weighted by molar-refractivity contribution is -0.124. The van der Waals surface area contributed by atoms with Gasteiger partial charge in [0.05, 0.1) is 12.3 Å². The lowest BCUT2D eigenvalue weighted by atomic mass is 9.92. The van der Waals surface area contributed by atoms with Gasteiger partial charge in [-0.1, -0.05) is 0 Å². The zero-order chi connectivity index (χ0) is 14.8. The lowest BCUT2D eigenvalue weighted by Gasteiger charge is -2.34. The van der Waals surface area contributed by atoms with Crippen LogP contribution in [0.2, 0.25) is 0 Å². The third-order valence-electron chi connectivity index (χ3n) is 4.21. The highest BCUT2D eigenvalue weighted by Gasteiger charge is 2.31. The molecule has 0 saturated carbocycles. The van der Waals surface area contributed by atoms with Crippen molar-refractivity contribution in [3.8, 4) is 0 Å². The number of ketones is 1. The van der Waals surface area contributed by atoms with Gasteiger partial charge in [-0.05, 0) is 25.8 Å². The Kier molecular flexibility index (Phi) is 5.50. The fourth-order valence-corrected chi connectivity index (χ4v) is 5.13. The van der Waals surface area contributed by atoms with Crippen molar-refractivity contribution < 1.29 is 13.2 Å². The predicted octanol–water partition coefficient (Wildman–Crippen LogP) is 0.664. The van der Waals surface area contributed by atoms with Crippen LogP contribution in [0, 0.1) is 5.92 Å². The molecule has 0 amide bonds. The van der Waals surface area contributed by atoms with Crippen LogP contribution in [0.1, 0.15) is 19.3 Å². The number of piperidine rings is 1. The standard InChI is InChI=1S/C13H24N2O3S2/c1-14-6-7-19-10-12(14)13(16)8-11-4-3-5-15(9-11)20(2,17)18/h11-12H,3-10H2,1-2H3. The molecule has 0 aliphatic carbocycles. The summed E-state index contributed by atoms with van der Waals surface area (Å²) < 4.78 is 24.7. The second-order valence-corrected chi connectivity index (χ2v) is 9.00. The Labute approximate surface area is 126 Å². The minimum Gasteiger partial charge on any atom is -0.298 e. The lowest BCUT2D eigenvalue weighted by Crippen LogP contribution is -2.46. The number of sulfonamides is 1. The fraction of sp³-hybridized carbons (Fsp3) is 0.923. The number of hydrogen-bond donors (Lipinski definition) is 0. The van der Waals surface area contributed by atoms with Gasteiger partial charge in [0.2, 0.25) is 10.0 Å². The van der Waals surface area contributed by atoms with Crippen molar-refractivity contribution >= 4 is 27.6 Å². The highest BCUT2D eigenvalue weighted by Crippen LogP contribution is 2.24. The smallest absolute Gasteiger partial charge is 0.211 e. The second-order valence-electron chi connectivity index (χ2n) is 5.87. The second kappa shape index (κ2) is 6.77. The SMILES string of the molecule is CN1CCSCC1C(=O)CC1CCCN(S(C)(=O)=O)C1. The van der Waals surface area contributed by atoms with Crippen molar-refractivity contribution in [1.82, 2.24) is 9.21 Å². The van der Waals surface area contributed by atoms with Crippen molar-refractivity contribution in [2.45, 2.75) is 25.3 Å². The van der Waals surface area contributed by atoms with E-state index < -0.39 is 10.0 Å². The number of Topliss-reactive ketones (excluding diaryl/α,β-unsaturated/α-hetero) is 1. The predicted molar refractivity (Wildman–Crippen MR) is 82.5 cm³/mol. The highest BCUT2D eigenvalue weighted by atomic mass is 32.2. The molecule has 0 aromatic rings. The molecule has 2 unspecified atom stereocenters. The van der Waals surface area contributed by atoms with Crippen molar-refractivity contribution in [3.05, 3.63) is 0 Å². The molecule has 0 N–H and O–H groups in total. The van der Waals surface area contributed by atoms with E-state index in [-0.39, 0.29) is 17.7 Å². The Bertz CT molecular complexity index is 453. The van der Waals surface area contributed by atoms with Gasteiger partial charge in [0.1, 0.15) is 0 Å². The maximum Gasteiger partial charge on any atom is 0.211 e. The average Bonchev–Trinajstić information content (AvgIpc) is 2.38. The van der Waals surface area contributed by atoms with Gasteiger partial charge >= 0.3 is 0 Å². The summed E-state index contributed by atoms with van der Waals surface area (Å²) in [5.74, 6) is 2.43. The van der Waals surface area contributed by atoms with E-state index in [9.17, 15) is 13.2 Å². The quantitative estimate of drug-likeness (QED) is 0.762. The molecule has 2 aliphatic heterocycles. The van der Waals surface area contributed by atoms with Gasteiger partial charge in [-0.25, -0.2) is 12.7 Å². The maximum atomic E-state index is 12.4. The number of rotatable bonds is 4. The van der Waals surface area contributed by atoms with Crippen LogP contribution in [0.25, 0.3) is 0 Å². The van der Waals surface area contributed by atoms with Gasteiger partial charge in [0.25, 0.3) is 0 Å². The monoisotopic (exact) mass is 320 g/mol. The van der Waals surface area contributed by atoms with E-state index in [1.54, 1.807) is 0 Å². The molecule has 0 aromatic carbocycles. The van der Waals surface area contributed by atoms with E-state index in [1.165, 1.54) is 10.6 Å². The maximum absolute atomic E-state index is 12.4. The summed E-state index contributed by atoms with van der Waals surface area (Å²) in [4.78, 5) is 14.5. The molecule has 0 radical (unpaired) electrons. The summed E-state index contributed by atoms with van der Waals surface area (Å²) in [7, 11) is -1.12. The average molecular weight is 320 g/mol. The van der Waals surface area contributed by atoms with Gasteiger partial charge < -0.3 is 0 Å². The fourth-order valence-electron chi connectivity index (χ4n) is 2.94. The van der Waals surface area contributed by atoms with Crippen LogP contribution in [-0.4, -0.2) is 73.9 Å². The van der Waals surface area contributed by atoms with Crippen molar-refractivity contribution in [2.75, 3.05) is 44.4 Å². The number of carbonyl (C=O) groups excluding carboxylic acids is 1. The van der Waals surface area contributed by atoms with Crippen LogP contribution in [0.3, 0.4) is 0 Å². The number of thioether (sulfide) groups is 1. The molecule has 5 nitrogen and oxygen atoms in total. The number of hydrogen-bond acceptors (Lipinski definition) is 5. The van der Waals surface area contributed by atoms with Gasteiger partial charge in [0, 0.05) is 37.6 Å². The molecular weight excluding hydrogens is 296 g/mol. The molecular formula is C13H24N2O3S2. The first-order chi connectivity index (χ1) is 9.38. The van der Waals surface area contributed by atoms with E-state index in [2.05, 4.69) is 4.90 Å². The molecule has 0 bridgehead atoms. The highest BCUT2D eigenvalue weighted by molar-refractivity contribution is 7.99. The van der Waals surface area contributed by atoms with Crippen LogP contribution in [0.5, 0.6) is 0 Å². The van der Waals surface area contributed by atoms with Crippen LogP contribution in [0.15, 0.2) is 0 Å². The Morgan fingerprint density at radius 3 is 2.75 bits per heavy atom. The van der Waals surface area contributed by atoms with Gasteiger partial charge in [0.15, 0.2) is 5.78 Å². The molecule has 2 fully saturated rings. The summed E-state index contributed by atoms with van der Waals surface area (Å²) in [5, 5.41) is 0. The van der Waals surface area contributed by atoms with Crippen molar-refractivity contribution in [1.29, 1.82) is 0 Å². The van der Waals surface area contributed by atoms with Gasteiger partial charge in [-0.3, -0.25) is 9.69 Å². The molecule has 0 aromatic heterocycles. The Morgan fingerprint density at radius 2 is 2.10 bits per heavy atom. The summed E-state index contributed by atoms with van der Waals surface area (Å²) in [6, 6.07) is 0.0161. The van der Waals surface area contributed by atoms with E-state index >= 15 is 0 Å². The van der Waals surface area contributed by atoms with E-state index in [0.717, 1.165) is 30.9 Å². The number of likely N-dealkylation sites (N-methyl/N-ethyl adjacent to an activating group) is 1. The van der Waals surface area contributed by atoms with Crippen molar-refractivity contribution in [2.24, 2.45) is 5.92 Å². The molecule has 20 heavy (non-hydrogen) atoms. The molecule has 2 atom stereocenters. The largest absolute Gasteiger partial charge is 0.298 e. The normalized spacial score (nSPS) is 30.3. The molecule has 2 heterocycles. The van der Waals surface area contributed by atoms with Crippen LogP contribution in [-0.2, 0) is 14.8 Å². The molecule has 116 valence electrons. The van der Waals surface area contributed by atoms with Gasteiger partial charge in [-0.2, -0.15) is 11.8 Å². The third-order valence-corrected chi connectivity index (χ3v) is 6.50. The summed E-state index contributed by atoms with van der Waals surface area (Å²) in [6.07, 6.45) is 3.59. The Morgan fingerprint density at radius 1 is 1.35 bits per heavy atom. The zero-order valence-corrected chi connectivity index (χ0v) is 13.9. The van der Waals surface area contributed by atoms with Crippen molar-refractivity contribution in [3.63, 3.8) is 0 Å². The summed E-state index contributed by atoms with van der Waals surface area (Å²) in [6.45, 7) is 2.07. The van der Waals surface area contributed by atoms with E-state index in [4.69, 9.17) is 0 Å². The molecule has 2 aliphatic rings. The first-order valence-corrected chi connectivity index (χ1v) is 10.1. The minimum atomic E-state index is -3.12. The summed E-state index contributed by atoms with van der Waals surface area (Å²) in [5.41, 5.74) is 0.